The van der Waals surface area contributed by atoms with Gasteiger partial charge in [-0.1, -0.05) is 11.6 Å². The Hall–Kier alpha value is -1.13. The molecule has 0 unspecified atom stereocenters. The zero-order chi connectivity index (χ0) is 11.0. The highest BCUT2D eigenvalue weighted by Gasteiger charge is 2.15. The SMILES string of the molecule is COC(=O)c1csc2c(C)cc(Cl)nc12. The van der Waals surface area contributed by atoms with Crippen molar-refractivity contribution >= 4 is 39.1 Å². The molecule has 0 saturated carbocycles. The minimum Gasteiger partial charge on any atom is -0.465 e. The van der Waals surface area contributed by atoms with Gasteiger partial charge in [0.2, 0.25) is 0 Å². The van der Waals surface area contributed by atoms with E-state index in [9.17, 15) is 4.79 Å². The highest BCUT2D eigenvalue weighted by atomic mass is 35.5. The molecule has 0 N–H and O–H groups in total. The van der Waals surface area contributed by atoms with Gasteiger partial charge >= 0.3 is 5.97 Å². The van der Waals surface area contributed by atoms with Crippen molar-refractivity contribution in [1.82, 2.24) is 4.98 Å². The first-order chi connectivity index (χ1) is 7.13. The third-order valence-corrected chi connectivity index (χ3v) is 3.38. The summed E-state index contributed by atoms with van der Waals surface area (Å²) in [5.41, 5.74) is 2.12. The molecule has 0 atom stereocenters. The van der Waals surface area contributed by atoms with Crippen molar-refractivity contribution in [2.24, 2.45) is 0 Å². The number of fused-ring (bicyclic) bond motifs is 1. The molecular formula is C10H8ClNO2S. The predicted octanol–water partition coefficient (Wildman–Crippen LogP) is 3.04. The maximum atomic E-state index is 11.4. The zero-order valence-electron chi connectivity index (χ0n) is 8.20. The number of nitrogens with zero attached hydrogens (tertiary/aromatic N) is 1. The number of aromatic nitrogens is 1. The number of carbonyl (C=O) groups excluding carboxylic acids is 1. The predicted molar refractivity (Wildman–Crippen MR) is 60.7 cm³/mol. The molecule has 2 aromatic rings. The number of aryl methyl sites for hydroxylation is 1. The Labute approximate surface area is 95.6 Å². The summed E-state index contributed by atoms with van der Waals surface area (Å²) in [4.78, 5) is 15.6. The van der Waals surface area contributed by atoms with E-state index in [1.807, 2.05) is 6.92 Å². The molecule has 0 fully saturated rings. The number of hydrogen-bond acceptors (Lipinski definition) is 4. The van der Waals surface area contributed by atoms with Gasteiger partial charge in [0.25, 0.3) is 0 Å². The summed E-state index contributed by atoms with van der Waals surface area (Å²) in [6.07, 6.45) is 0. The number of pyridine rings is 1. The van der Waals surface area contributed by atoms with Crippen LogP contribution in [0.3, 0.4) is 0 Å². The van der Waals surface area contributed by atoms with E-state index in [0.717, 1.165) is 10.3 Å². The van der Waals surface area contributed by atoms with E-state index in [0.29, 0.717) is 16.2 Å². The Balaban J connectivity index is 2.74. The van der Waals surface area contributed by atoms with Gasteiger partial charge in [-0.3, -0.25) is 0 Å². The highest BCUT2D eigenvalue weighted by molar-refractivity contribution is 7.17. The number of esters is 1. The van der Waals surface area contributed by atoms with Gasteiger partial charge in [0.1, 0.15) is 5.15 Å². The minimum atomic E-state index is -0.379. The van der Waals surface area contributed by atoms with Gasteiger partial charge in [-0.25, -0.2) is 9.78 Å². The summed E-state index contributed by atoms with van der Waals surface area (Å²) in [5.74, 6) is -0.379. The highest BCUT2D eigenvalue weighted by Crippen LogP contribution is 2.29. The second-order valence-electron chi connectivity index (χ2n) is 3.08. The Morgan fingerprint density at radius 1 is 1.60 bits per heavy atom. The molecule has 0 spiro atoms. The number of rotatable bonds is 1. The average molecular weight is 242 g/mol. The van der Waals surface area contributed by atoms with E-state index < -0.39 is 0 Å². The summed E-state index contributed by atoms with van der Waals surface area (Å²) in [5, 5.41) is 2.14. The van der Waals surface area contributed by atoms with Crippen LogP contribution in [0.4, 0.5) is 0 Å². The van der Waals surface area contributed by atoms with Gasteiger partial charge in [0.05, 0.1) is 22.9 Å². The first-order valence-electron chi connectivity index (χ1n) is 4.26. The number of thiophene rings is 1. The fourth-order valence-corrected chi connectivity index (χ4v) is 2.58. The van der Waals surface area contributed by atoms with Crippen LogP contribution < -0.4 is 0 Å². The topological polar surface area (TPSA) is 39.2 Å². The van der Waals surface area contributed by atoms with E-state index in [1.165, 1.54) is 18.4 Å². The van der Waals surface area contributed by atoms with E-state index in [2.05, 4.69) is 9.72 Å². The lowest BCUT2D eigenvalue weighted by molar-refractivity contribution is 0.0603. The Bertz CT molecular complexity index is 535. The molecule has 78 valence electrons. The van der Waals surface area contributed by atoms with E-state index in [1.54, 1.807) is 11.4 Å². The lowest BCUT2D eigenvalue weighted by Crippen LogP contribution is -2.00. The molecule has 0 aliphatic heterocycles. The smallest absolute Gasteiger partial charge is 0.340 e. The van der Waals surface area contributed by atoms with Crippen LogP contribution in [0.2, 0.25) is 5.15 Å². The third-order valence-electron chi connectivity index (χ3n) is 2.08. The molecule has 0 aromatic carbocycles. The van der Waals surface area contributed by atoms with Gasteiger partial charge in [-0.15, -0.1) is 11.3 Å². The van der Waals surface area contributed by atoms with E-state index >= 15 is 0 Å². The fourth-order valence-electron chi connectivity index (χ4n) is 1.38. The number of ether oxygens (including phenoxy) is 1. The third kappa shape index (κ3) is 1.70. The molecule has 0 amide bonds. The molecular weight excluding hydrogens is 234 g/mol. The monoisotopic (exact) mass is 241 g/mol. The first kappa shape index (κ1) is 10.4. The molecule has 0 aliphatic rings. The first-order valence-corrected chi connectivity index (χ1v) is 5.52. The molecule has 0 aliphatic carbocycles. The number of hydrogen-bond donors (Lipinski definition) is 0. The zero-order valence-corrected chi connectivity index (χ0v) is 9.78. The van der Waals surface area contributed by atoms with Crippen LogP contribution >= 0.6 is 22.9 Å². The standard InChI is InChI=1S/C10H8ClNO2S/c1-5-3-7(11)12-8-6(10(13)14-2)4-15-9(5)8/h3-4H,1-2H3. The van der Waals surface area contributed by atoms with Crippen molar-refractivity contribution in [1.29, 1.82) is 0 Å². The second-order valence-corrected chi connectivity index (χ2v) is 4.35. The van der Waals surface area contributed by atoms with Crippen LogP contribution in [0.5, 0.6) is 0 Å². The quantitative estimate of drug-likeness (QED) is 0.569. The van der Waals surface area contributed by atoms with E-state index in [4.69, 9.17) is 11.6 Å². The Kier molecular flexibility index (Phi) is 2.63. The van der Waals surface area contributed by atoms with E-state index in [-0.39, 0.29) is 5.97 Å². The summed E-state index contributed by atoms with van der Waals surface area (Å²) >= 11 is 7.31. The normalized spacial score (nSPS) is 10.6. The largest absolute Gasteiger partial charge is 0.465 e. The molecule has 0 bridgehead atoms. The van der Waals surface area contributed by atoms with Crippen LogP contribution in [0.25, 0.3) is 10.2 Å². The molecule has 2 heterocycles. The van der Waals surface area contributed by atoms with Crippen LogP contribution in [0.15, 0.2) is 11.4 Å². The van der Waals surface area contributed by atoms with Gasteiger partial charge in [0, 0.05) is 5.38 Å². The number of halogens is 1. The van der Waals surface area contributed by atoms with Crippen molar-refractivity contribution < 1.29 is 9.53 Å². The van der Waals surface area contributed by atoms with Gasteiger partial charge in [-0.05, 0) is 18.6 Å². The van der Waals surface area contributed by atoms with Crippen LogP contribution in [0.1, 0.15) is 15.9 Å². The number of methoxy groups -OCH3 is 1. The molecule has 0 saturated heterocycles. The summed E-state index contributed by atoms with van der Waals surface area (Å²) in [6.45, 7) is 1.94. The molecule has 0 radical (unpaired) electrons. The maximum absolute atomic E-state index is 11.4. The summed E-state index contributed by atoms with van der Waals surface area (Å²) in [6, 6.07) is 1.78. The van der Waals surface area contributed by atoms with Crippen LogP contribution in [-0.2, 0) is 4.74 Å². The second kappa shape index (κ2) is 3.79. The van der Waals surface area contributed by atoms with Crippen molar-refractivity contribution in [3.63, 3.8) is 0 Å². The summed E-state index contributed by atoms with van der Waals surface area (Å²) in [7, 11) is 1.35. The van der Waals surface area contributed by atoms with Crippen molar-refractivity contribution in [2.75, 3.05) is 7.11 Å². The molecule has 15 heavy (non-hydrogen) atoms. The lowest BCUT2D eigenvalue weighted by atomic mass is 10.2. The fraction of sp³-hybridized carbons (Fsp3) is 0.200. The average Bonchev–Trinajstić information content (AvgIpc) is 2.60. The Morgan fingerprint density at radius 3 is 3.00 bits per heavy atom. The molecule has 2 aromatic heterocycles. The van der Waals surface area contributed by atoms with Crippen LogP contribution in [-0.4, -0.2) is 18.1 Å². The van der Waals surface area contributed by atoms with Crippen molar-refractivity contribution in [3.05, 3.63) is 27.7 Å². The summed E-state index contributed by atoms with van der Waals surface area (Å²) < 4.78 is 5.64. The maximum Gasteiger partial charge on any atom is 0.340 e. The molecule has 3 nitrogen and oxygen atoms in total. The van der Waals surface area contributed by atoms with Gasteiger partial charge < -0.3 is 4.74 Å². The van der Waals surface area contributed by atoms with Crippen molar-refractivity contribution in [3.8, 4) is 0 Å². The molecule has 2 rings (SSSR count). The minimum absolute atomic E-state index is 0.379. The van der Waals surface area contributed by atoms with Gasteiger partial charge in [0.15, 0.2) is 0 Å². The number of carbonyl (C=O) groups is 1. The van der Waals surface area contributed by atoms with Gasteiger partial charge in [-0.2, -0.15) is 0 Å². The Morgan fingerprint density at radius 2 is 2.33 bits per heavy atom. The van der Waals surface area contributed by atoms with Crippen molar-refractivity contribution in [2.45, 2.75) is 6.92 Å². The van der Waals surface area contributed by atoms with Crippen LogP contribution in [0, 0.1) is 6.92 Å². The molecule has 5 heteroatoms. The lowest BCUT2D eigenvalue weighted by Gasteiger charge is -1.99.